The van der Waals surface area contributed by atoms with Gasteiger partial charge in [-0.3, -0.25) is 9.36 Å². The zero-order valence-corrected chi connectivity index (χ0v) is 19.5. The Balaban J connectivity index is 1.17. The van der Waals surface area contributed by atoms with E-state index in [2.05, 4.69) is 45.7 Å². The van der Waals surface area contributed by atoms with Gasteiger partial charge in [0.1, 0.15) is 10.6 Å². The van der Waals surface area contributed by atoms with Crippen molar-refractivity contribution >= 4 is 32.5 Å². The second-order valence-corrected chi connectivity index (χ2v) is 10.1. The summed E-state index contributed by atoms with van der Waals surface area (Å²) in [6.45, 7) is 1.24. The van der Waals surface area contributed by atoms with E-state index in [9.17, 15) is 9.18 Å². The zero-order valence-electron chi connectivity index (χ0n) is 18.7. The molecule has 0 saturated heterocycles. The molecule has 1 aliphatic carbocycles. The predicted octanol–water partition coefficient (Wildman–Crippen LogP) is 4.82. The first-order chi connectivity index (χ1) is 16.7. The Bertz CT molecular complexity index is 1550. The van der Waals surface area contributed by atoms with Gasteiger partial charge in [-0.05, 0) is 67.1 Å². The summed E-state index contributed by atoms with van der Waals surface area (Å²) in [4.78, 5) is 23.3. The maximum Gasteiger partial charge on any atom is 0.262 e. The van der Waals surface area contributed by atoms with Crippen molar-refractivity contribution in [2.24, 2.45) is 0 Å². The molecule has 2 aromatic carbocycles. The van der Waals surface area contributed by atoms with Crippen LogP contribution in [0.3, 0.4) is 0 Å². The summed E-state index contributed by atoms with van der Waals surface area (Å²) in [5, 5.41) is 5.77. The number of nitrogens with zero attached hydrogens (tertiary/aromatic N) is 2. The van der Waals surface area contributed by atoms with Gasteiger partial charge in [0.05, 0.1) is 18.3 Å². The summed E-state index contributed by atoms with van der Waals surface area (Å²) in [5.41, 5.74) is 4.40. The average molecular weight is 473 g/mol. The summed E-state index contributed by atoms with van der Waals surface area (Å²) in [5.74, 6) is -0.296. The van der Waals surface area contributed by atoms with Crippen LogP contribution in [0.2, 0.25) is 0 Å². The Morgan fingerprint density at radius 3 is 3.03 bits per heavy atom. The fraction of sp³-hybridized carbons (Fsp3) is 0.259. The van der Waals surface area contributed by atoms with E-state index in [1.54, 1.807) is 28.3 Å². The Labute approximate surface area is 200 Å². The number of aryl methyl sites for hydroxylation is 1. The number of thiophene rings is 1. The number of aromatic amines is 1. The highest BCUT2D eigenvalue weighted by Crippen LogP contribution is 2.33. The van der Waals surface area contributed by atoms with Crippen molar-refractivity contribution in [1.82, 2.24) is 19.9 Å². The Morgan fingerprint density at radius 1 is 1.21 bits per heavy atom. The van der Waals surface area contributed by atoms with E-state index in [0.717, 1.165) is 53.6 Å². The van der Waals surface area contributed by atoms with Gasteiger partial charge in [0, 0.05) is 28.0 Å². The lowest BCUT2D eigenvalue weighted by atomic mass is 9.93. The van der Waals surface area contributed by atoms with Crippen molar-refractivity contribution in [3.63, 3.8) is 0 Å². The molecule has 0 amide bonds. The average Bonchev–Trinajstić information content (AvgIpc) is 3.42. The Kier molecular flexibility index (Phi) is 5.51. The molecule has 5 nitrogen and oxygen atoms in total. The van der Waals surface area contributed by atoms with Crippen molar-refractivity contribution in [3.8, 4) is 0 Å². The molecule has 0 radical (unpaired) electrons. The smallest absolute Gasteiger partial charge is 0.262 e. The molecule has 1 aliphatic rings. The van der Waals surface area contributed by atoms with Gasteiger partial charge in [0.25, 0.3) is 5.56 Å². The summed E-state index contributed by atoms with van der Waals surface area (Å²) in [6, 6.07) is 15.2. The van der Waals surface area contributed by atoms with Crippen LogP contribution in [0.25, 0.3) is 21.1 Å². The summed E-state index contributed by atoms with van der Waals surface area (Å²) in [7, 11) is 0. The molecule has 0 fully saturated rings. The zero-order chi connectivity index (χ0) is 23.1. The highest BCUT2D eigenvalue weighted by Gasteiger charge is 2.25. The monoisotopic (exact) mass is 472 g/mol. The van der Waals surface area contributed by atoms with Gasteiger partial charge < -0.3 is 10.3 Å². The van der Waals surface area contributed by atoms with Gasteiger partial charge in [-0.25, -0.2) is 9.37 Å². The number of aromatic nitrogens is 3. The van der Waals surface area contributed by atoms with Crippen molar-refractivity contribution in [2.75, 3.05) is 6.54 Å². The number of rotatable bonds is 6. The molecule has 0 aliphatic heterocycles. The molecule has 2 N–H and O–H groups in total. The second kappa shape index (κ2) is 8.81. The van der Waals surface area contributed by atoms with Crippen molar-refractivity contribution in [3.05, 3.63) is 98.8 Å². The highest BCUT2D eigenvalue weighted by molar-refractivity contribution is 7.18. The minimum atomic E-state index is -0.296. The van der Waals surface area contributed by atoms with Gasteiger partial charge in [-0.1, -0.05) is 30.3 Å². The second-order valence-electron chi connectivity index (χ2n) is 8.99. The van der Waals surface area contributed by atoms with Crippen LogP contribution in [-0.4, -0.2) is 27.1 Å². The third-order valence-corrected chi connectivity index (χ3v) is 7.94. The fourth-order valence-corrected chi connectivity index (χ4v) is 6.33. The largest absolute Gasteiger partial charge is 0.361 e. The van der Waals surface area contributed by atoms with E-state index in [1.165, 1.54) is 33.5 Å². The maximum atomic E-state index is 13.6. The number of hydrogen-bond donors (Lipinski definition) is 2. The van der Waals surface area contributed by atoms with E-state index in [-0.39, 0.29) is 11.4 Å². The molecule has 0 bridgehead atoms. The van der Waals surface area contributed by atoms with Crippen LogP contribution in [-0.2, 0) is 25.8 Å². The minimum Gasteiger partial charge on any atom is -0.361 e. The van der Waals surface area contributed by atoms with Gasteiger partial charge in [-0.15, -0.1) is 11.3 Å². The fourth-order valence-electron chi connectivity index (χ4n) is 5.07. The number of H-pyrrole nitrogens is 1. The predicted molar refractivity (Wildman–Crippen MR) is 135 cm³/mol. The normalized spacial score (nSPS) is 15.7. The molecule has 34 heavy (non-hydrogen) atoms. The van der Waals surface area contributed by atoms with Crippen molar-refractivity contribution < 1.29 is 4.39 Å². The lowest BCUT2D eigenvalue weighted by molar-refractivity contribution is 0.467. The Hall–Kier alpha value is -3.29. The molecule has 3 aromatic heterocycles. The highest BCUT2D eigenvalue weighted by atomic mass is 32.1. The number of halogens is 1. The lowest BCUT2D eigenvalue weighted by Gasteiger charge is -2.23. The standard InChI is InChI=1S/C27H25FN4OS/c28-19-5-3-4-17(12-19)15-32-16-31-26-25(27(32)33)22-9-8-20(13-24(22)34-26)29-11-10-18-14-30-23-7-2-1-6-21(18)23/h1-7,12,14,16,20,29-30H,8-11,13,15H2. The van der Waals surface area contributed by atoms with E-state index < -0.39 is 0 Å². The Morgan fingerprint density at radius 2 is 2.12 bits per heavy atom. The van der Waals surface area contributed by atoms with Crippen LogP contribution in [0.15, 0.2) is 65.8 Å². The topological polar surface area (TPSA) is 62.7 Å². The van der Waals surface area contributed by atoms with Crippen LogP contribution in [0, 0.1) is 5.82 Å². The summed E-state index contributed by atoms with van der Waals surface area (Å²) < 4.78 is 15.2. The molecule has 7 heteroatoms. The van der Waals surface area contributed by atoms with Gasteiger partial charge in [0.15, 0.2) is 0 Å². The first kappa shape index (κ1) is 21.3. The maximum absolute atomic E-state index is 13.6. The molecule has 5 aromatic rings. The lowest BCUT2D eigenvalue weighted by Crippen LogP contribution is -2.35. The minimum absolute atomic E-state index is 0.0301. The number of para-hydroxylation sites is 1. The van der Waals surface area contributed by atoms with Crippen LogP contribution >= 0.6 is 11.3 Å². The van der Waals surface area contributed by atoms with Crippen molar-refractivity contribution in [2.45, 2.75) is 38.3 Å². The first-order valence-electron chi connectivity index (χ1n) is 11.7. The molecule has 172 valence electrons. The first-order valence-corrected chi connectivity index (χ1v) is 12.5. The number of hydrogen-bond acceptors (Lipinski definition) is 4. The SMILES string of the molecule is O=c1c2c3c(sc2ncn1Cc1cccc(F)c1)CC(NCCc1c[nH]c2ccccc12)CC3. The van der Waals surface area contributed by atoms with E-state index in [1.807, 2.05) is 6.07 Å². The molecular weight excluding hydrogens is 447 g/mol. The van der Waals surface area contributed by atoms with E-state index in [4.69, 9.17) is 0 Å². The molecule has 0 spiro atoms. The summed E-state index contributed by atoms with van der Waals surface area (Å²) >= 11 is 1.64. The van der Waals surface area contributed by atoms with Crippen LogP contribution in [0.1, 0.15) is 28.0 Å². The molecule has 0 saturated carbocycles. The van der Waals surface area contributed by atoms with Gasteiger partial charge >= 0.3 is 0 Å². The molecular formula is C27H25FN4OS. The van der Waals surface area contributed by atoms with E-state index >= 15 is 0 Å². The van der Waals surface area contributed by atoms with Crippen LogP contribution < -0.4 is 10.9 Å². The molecule has 1 atom stereocenters. The van der Waals surface area contributed by atoms with Crippen molar-refractivity contribution in [1.29, 1.82) is 0 Å². The molecule has 1 unspecified atom stereocenters. The number of nitrogens with one attached hydrogen (secondary N) is 2. The van der Waals surface area contributed by atoms with Crippen LogP contribution in [0.5, 0.6) is 0 Å². The van der Waals surface area contributed by atoms with E-state index in [0.29, 0.717) is 12.6 Å². The number of benzene rings is 2. The third-order valence-electron chi connectivity index (χ3n) is 6.78. The van der Waals surface area contributed by atoms with Gasteiger partial charge in [0.2, 0.25) is 0 Å². The summed E-state index contributed by atoms with van der Waals surface area (Å²) in [6.07, 6.45) is 7.48. The third kappa shape index (κ3) is 3.95. The molecule has 6 rings (SSSR count). The van der Waals surface area contributed by atoms with Crippen LogP contribution in [0.4, 0.5) is 4.39 Å². The number of fused-ring (bicyclic) bond motifs is 4. The quantitative estimate of drug-likeness (QED) is 0.373. The molecule has 3 heterocycles. The van der Waals surface area contributed by atoms with Gasteiger partial charge in [-0.2, -0.15) is 0 Å².